The maximum absolute atomic E-state index is 13.1. The van der Waals surface area contributed by atoms with Crippen molar-refractivity contribution in [3.8, 4) is 29.6 Å². The van der Waals surface area contributed by atoms with E-state index in [4.69, 9.17) is 55.4 Å². The number of benzene rings is 3. The molecule has 3 aromatic carbocycles. The smallest absolute Gasteiger partial charge is 0.262 e. The van der Waals surface area contributed by atoms with Gasteiger partial charge < -0.3 is 19.5 Å². The highest BCUT2D eigenvalue weighted by atomic mass is 35.5. The molecule has 2 atom stereocenters. The number of halogens is 3. The minimum atomic E-state index is -0.962. The number of ether oxygens (including phenoxy) is 3. The number of hydrazone groups is 1. The Labute approximate surface area is 253 Å². The van der Waals surface area contributed by atoms with Gasteiger partial charge in [-0.3, -0.25) is 9.59 Å². The summed E-state index contributed by atoms with van der Waals surface area (Å²) in [4.78, 5) is 26.1. The van der Waals surface area contributed by atoms with Crippen molar-refractivity contribution in [3.63, 3.8) is 0 Å². The summed E-state index contributed by atoms with van der Waals surface area (Å²) in [6.07, 6.45) is 5.92. The normalized spacial score (nSPS) is 12.2. The molecule has 11 heteroatoms. The van der Waals surface area contributed by atoms with Gasteiger partial charge in [-0.15, -0.1) is 6.42 Å². The summed E-state index contributed by atoms with van der Waals surface area (Å²) in [6.45, 7) is 3.76. The lowest BCUT2D eigenvalue weighted by molar-refractivity contribution is -0.132. The van der Waals surface area contributed by atoms with Crippen molar-refractivity contribution < 1.29 is 23.8 Å². The second-order valence-electron chi connectivity index (χ2n) is 8.58. The molecule has 0 bridgehead atoms. The molecule has 214 valence electrons. The predicted molar refractivity (Wildman–Crippen MR) is 161 cm³/mol. The van der Waals surface area contributed by atoms with E-state index in [1.54, 1.807) is 31.2 Å². The minimum Gasteiger partial charge on any atom is -0.490 e. The zero-order valence-corrected chi connectivity index (χ0v) is 24.6. The summed E-state index contributed by atoms with van der Waals surface area (Å²) in [7, 11) is 0. The van der Waals surface area contributed by atoms with Gasteiger partial charge in [0.2, 0.25) is 0 Å². The van der Waals surface area contributed by atoms with Crippen LogP contribution in [0.15, 0.2) is 65.8 Å². The van der Waals surface area contributed by atoms with E-state index in [1.807, 2.05) is 37.3 Å². The van der Waals surface area contributed by atoms with Crippen molar-refractivity contribution in [1.29, 1.82) is 0 Å². The third kappa shape index (κ3) is 9.61. The number of amides is 2. The van der Waals surface area contributed by atoms with Gasteiger partial charge in [0, 0.05) is 11.4 Å². The van der Waals surface area contributed by atoms with E-state index >= 15 is 0 Å². The van der Waals surface area contributed by atoms with Crippen LogP contribution in [-0.4, -0.2) is 43.4 Å². The molecule has 3 rings (SSSR count). The number of carbonyl (C=O) groups is 2. The molecule has 0 aliphatic rings. The summed E-state index contributed by atoms with van der Waals surface area (Å²) in [5, 5.41) is 7.75. The Balaban J connectivity index is 1.73. The fraction of sp³-hybridized carbons (Fsp3) is 0.233. The molecule has 0 heterocycles. The van der Waals surface area contributed by atoms with Crippen LogP contribution in [0.5, 0.6) is 17.2 Å². The predicted octanol–water partition coefficient (Wildman–Crippen LogP) is 5.70. The van der Waals surface area contributed by atoms with Gasteiger partial charge in [-0.2, -0.15) is 5.10 Å². The van der Waals surface area contributed by atoms with Crippen molar-refractivity contribution in [2.75, 3.05) is 13.2 Å². The Kier molecular flexibility index (Phi) is 12.2. The van der Waals surface area contributed by atoms with Gasteiger partial charge in [-0.05, 0) is 55.3 Å². The maximum atomic E-state index is 13.1. The summed E-state index contributed by atoms with van der Waals surface area (Å²) < 4.78 is 16.8. The van der Waals surface area contributed by atoms with Gasteiger partial charge in [0.05, 0.1) is 22.9 Å². The molecule has 0 saturated carbocycles. The maximum Gasteiger partial charge on any atom is 0.262 e. The monoisotopic (exact) mass is 615 g/mol. The van der Waals surface area contributed by atoms with Crippen LogP contribution in [0.3, 0.4) is 0 Å². The molecule has 0 aliphatic heterocycles. The second kappa shape index (κ2) is 15.8. The number of hydrogen-bond donors (Lipinski definition) is 2. The number of carbonyl (C=O) groups excluding carboxylic acids is 2. The summed E-state index contributed by atoms with van der Waals surface area (Å²) in [5.74, 6) is 2.30. The molecular weight excluding hydrogens is 589 g/mol. The Morgan fingerprint density at radius 2 is 1.76 bits per heavy atom. The highest BCUT2D eigenvalue weighted by molar-refractivity contribution is 6.35. The minimum absolute atomic E-state index is 0.0220. The van der Waals surface area contributed by atoms with Crippen molar-refractivity contribution in [2.24, 2.45) is 5.10 Å². The van der Waals surface area contributed by atoms with Gasteiger partial charge in [0.1, 0.15) is 18.4 Å². The lowest BCUT2D eigenvalue weighted by atomic mass is 10.1. The lowest BCUT2D eigenvalue weighted by Gasteiger charge is -2.21. The molecule has 2 N–H and O–H groups in total. The van der Waals surface area contributed by atoms with E-state index in [9.17, 15) is 9.59 Å². The van der Waals surface area contributed by atoms with E-state index in [2.05, 4.69) is 21.8 Å². The van der Waals surface area contributed by atoms with E-state index in [-0.39, 0.29) is 28.8 Å². The molecule has 2 amide bonds. The van der Waals surface area contributed by atoms with Crippen LogP contribution in [0, 0.1) is 12.3 Å². The average Bonchev–Trinajstić information content (AvgIpc) is 2.94. The number of terminal acetylenes is 1. The first-order valence-corrected chi connectivity index (χ1v) is 13.7. The molecule has 0 aliphatic carbocycles. The van der Waals surface area contributed by atoms with Crippen molar-refractivity contribution in [1.82, 2.24) is 10.7 Å². The summed E-state index contributed by atoms with van der Waals surface area (Å²) in [5.41, 5.74) is 3.85. The highest BCUT2D eigenvalue weighted by Gasteiger charge is 2.25. The topological polar surface area (TPSA) is 98.2 Å². The summed E-state index contributed by atoms with van der Waals surface area (Å²) >= 11 is 18.5. The Morgan fingerprint density at radius 1 is 1.00 bits per heavy atom. The average molecular weight is 617 g/mol. The first kappa shape index (κ1) is 31.6. The van der Waals surface area contributed by atoms with Gasteiger partial charge in [-0.1, -0.05) is 71.1 Å². The number of nitrogens with zero attached hydrogens (tertiary/aromatic N) is 1. The highest BCUT2D eigenvalue weighted by Crippen LogP contribution is 2.36. The number of hydrogen-bond acceptors (Lipinski definition) is 6. The zero-order valence-electron chi connectivity index (χ0n) is 22.3. The van der Waals surface area contributed by atoms with E-state index < -0.39 is 24.0 Å². The van der Waals surface area contributed by atoms with Crippen LogP contribution in [-0.2, 0) is 16.0 Å². The van der Waals surface area contributed by atoms with Crippen LogP contribution in [0.4, 0.5) is 0 Å². The molecule has 0 radical (unpaired) electrons. The summed E-state index contributed by atoms with van der Waals surface area (Å²) in [6, 6.07) is 16.2. The van der Waals surface area contributed by atoms with Gasteiger partial charge >= 0.3 is 0 Å². The number of rotatable bonds is 13. The van der Waals surface area contributed by atoms with Crippen LogP contribution in [0.1, 0.15) is 25.0 Å². The first-order chi connectivity index (χ1) is 19.7. The molecule has 3 aromatic rings. The Morgan fingerprint density at radius 3 is 2.44 bits per heavy atom. The molecule has 0 unspecified atom stereocenters. The SMILES string of the molecule is C#CCOc1c(Cl)cc(/C=N\NC(=O)[C@@H](Cc2ccccc2)NC(=O)[C@@H](C)Oc2ccc(Cl)cc2Cl)cc1OCC. The quantitative estimate of drug-likeness (QED) is 0.146. The third-order valence-corrected chi connectivity index (χ3v) is 6.31. The fourth-order valence-electron chi connectivity index (χ4n) is 3.59. The van der Waals surface area contributed by atoms with Gasteiger partial charge in [0.25, 0.3) is 11.8 Å². The van der Waals surface area contributed by atoms with Crippen molar-refractivity contribution in [3.05, 3.63) is 86.9 Å². The third-order valence-electron chi connectivity index (χ3n) is 5.50. The molecule has 8 nitrogen and oxygen atoms in total. The zero-order chi connectivity index (χ0) is 29.8. The molecule has 0 saturated heterocycles. The fourth-order valence-corrected chi connectivity index (χ4v) is 4.32. The van der Waals surface area contributed by atoms with Crippen LogP contribution in [0.2, 0.25) is 15.1 Å². The van der Waals surface area contributed by atoms with Crippen molar-refractivity contribution >= 4 is 52.8 Å². The van der Waals surface area contributed by atoms with E-state index in [0.29, 0.717) is 28.7 Å². The van der Waals surface area contributed by atoms with Crippen LogP contribution >= 0.6 is 34.8 Å². The first-order valence-electron chi connectivity index (χ1n) is 12.5. The van der Waals surface area contributed by atoms with E-state index in [0.717, 1.165) is 5.56 Å². The van der Waals surface area contributed by atoms with Crippen molar-refractivity contribution in [2.45, 2.75) is 32.4 Å². The van der Waals surface area contributed by atoms with Gasteiger partial charge in [0.15, 0.2) is 17.6 Å². The lowest BCUT2D eigenvalue weighted by Crippen LogP contribution is -2.50. The Bertz CT molecular complexity index is 1430. The molecule has 0 fully saturated rings. The molecular formula is C30H28Cl3N3O5. The van der Waals surface area contributed by atoms with Crippen LogP contribution in [0.25, 0.3) is 0 Å². The largest absolute Gasteiger partial charge is 0.490 e. The molecule has 0 spiro atoms. The standard InChI is InChI=1S/C30H28Cl3N3O5/c1-4-13-40-28-24(33)14-21(16-27(28)39-5-2)18-34-36-30(38)25(15-20-9-7-6-8-10-20)35-29(37)19(3)41-26-12-11-22(31)17-23(26)32/h1,6-12,14,16-19,25H,5,13,15H2,2-3H3,(H,35,37)(H,36,38)/b34-18-/t19-,25-/m1/s1. The van der Waals surface area contributed by atoms with E-state index in [1.165, 1.54) is 12.3 Å². The molecule has 41 heavy (non-hydrogen) atoms. The number of nitrogens with one attached hydrogen (secondary N) is 2. The van der Waals surface area contributed by atoms with Gasteiger partial charge in [-0.25, -0.2) is 5.43 Å². The van der Waals surface area contributed by atoms with Crippen LogP contribution < -0.4 is 25.0 Å². The second-order valence-corrected chi connectivity index (χ2v) is 9.83. The molecule has 0 aromatic heterocycles. The Hall–Kier alpha value is -3.90.